The van der Waals surface area contributed by atoms with E-state index < -0.39 is 11.9 Å². The summed E-state index contributed by atoms with van der Waals surface area (Å²) >= 11 is 0. The molecule has 0 fully saturated rings. The summed E-state index contributed by atoms with van der Waals surface area (Å²) in [5.74, 6) is -0.822. The summed E-state index contributed by atoms with van der Waals surface area (Å²) in [4.78, 5) is 22.9. The first-order valence-electron chi connectivity index (χ1n) is 5.99. The Hall–Kier alpha value is -2.04. The molecule has 1 aromatic carbocycles. The number of hydrogen-bond donors (Lipinski definition) is 3. The van der Waals surface area contributed by atoms with E-state index >= 15 is 0 Å². The summed E-state index contributed by atoms with van der Waals surface area (Å²) in [6, 6.07) is 7.28. The summed E-state index contributed by atoms with van der Waals surface area (Å²) in [6.45, 7) is 2.17. The van der Waals surface area contributed by atoms with Crippen LogP contribution in [0.5, 0.6) is 0 Å². The maximum absolute atomic E-state index is 12.0. The second-order valence-corrected chi connectivity index (χ2v) is 4.57. The normalized spacial score (nSPS) is 19.3. The Kier molecular flexibility index (Phi) is 3.50. The van der Waals surface area contributed by atoms with Crippen LogP contribution in [-0.4, -0.2) is 24.4 Å². The van der Waals surface area contributed by atoms with Gasteiger partial charge in [-0.1, -0.05) is 18.2 Å². The average molecular weight is 247 g/mol. The number of amides is 2. The zero-order chi connectivity index (χ0) is 13.1. The third kappa shape index (κ3) is 2.61. The molecular weight excluding hydrogens is 230 g/mol. The zero-order valence-corrected chi connectivity index (χ0v) is 10.3. The zero-order valence-electron chi connectivity index (χ0n) is 10.3. The van der Waals surface area contributed by atoms with Crippen molar-refractivity contribution < 1.29 is 9.59 Å². The van der Waals surface area contributed by atoms with E-state index in [1.54, 1.807) is 6.92 Å². The number of benzene rings is 1. The van der Waals surface area contributed by atoms with E-state index in [1.807, 2.05) is 24.3 Å². The predicted octanol–water partition coefficient (Wildman–Crippen LogP) is 0.261. The molecule has 0 spiro atoms. The van der Waals surface area contributed by atoms with Gasteiger partial charge in [-0.05, 0) is 25.0 Å². The standard InChI is InChI=1S/C13H17N3O2/c1-8(12(14)17)16-13(18)10-6-9-4-2-3-5-11(9)15-7-10/h2-5,8,10,15H,6-7H2,1H3,(H2,14,17)(H,16,18). The largest absolute Gasteiger partial charge is 0.384 e. The van der Waals surface area contributed by atoms with E-state index in [0.717, 1.165) is 11.3 Å². The van der Waals surface area contributed by atoms with Gasteiger partial charge in [-0.15, -0.1) is 0 Å². The third-order valence-corrected chi connectivity index (χ3v) is 3.18. The molecule has 5 nitrogen and oxygen atoms in total. The Labute approximate surface area is 106 Å². The van der Waals surface area contributed by atoms with Gasteiger partial charge in [0.2, 0.25) is 11.8 Å². The first kappa shape index (κ1) is 12.4. The van der Waals surface area contributed by atoms with Crippen molar-refractivity contribution in [2.24, 2.45) is 11.7 Å². The van der Waals surface area contributed by atoms with E-state index in [0.29, 0.717) is 13.0 Å². The number of primary amides is 1. The van der Waals surface area contributed by atoms with Crippen LogP contribution < -0.4 is 16.4 Å². The Morgan fingerprint density at radius 3 is 2.89 bits per heavy atom. The van der Waals surface area contributed by atoms with Crippen molar-refractivity contribution in [2.45, 2.75) is 19.4 Å². The number of hydrogen-bond acceptors (Lipinski definition) is 3. The summed E-state index contributed by atoms with van der Waals surface area (Å²) in [6.07, 6.45) is 0.681. The van der Waals surface area contributed by atoms with Crippen molar-refractivity contribution in [1.29, 1.82) is 0 Å². The van der Waals surface area contributed by atoms with Crippen molar-refractivity contribution in [3.8, 4) is 0 Å². The van der Waals surface area contributed by atoms with Gasteiger partial charge in [-0.25, -0.2) is 0 Å². The molecule has 1 aromatic rings. The Morgan fingerprint density at radius 1 is 1.44 bits per heavy atom. The van der Waals surface area contributed by atoms with Crippen molar-refractivity contribution in [2.75, 3.05) is 11.9 Å². The number of nitrogens with one attached hydrogen (secondary N) is 2. The lowest BCUT2D eigenvalue weighted by Gasteiger charge is -2.26. The summed E-state index contributed by atoms with van der Waals surface area (Å²) < 4.78 is 0. The topological polar surface area (TPSA) is 84.2 Å². The number of carbonyl (C=O) groups is 2. The molecule has 0 radical (unpaired) electrons. The van der Waals surface area contributed by atoms with Crippen molar-refractivity contribution in [1.82, 2.24) is 5.32 Å². The van der Waals surface area contributed by atoms with Crippen LogP contribution in [0.25, 0.3) is 0 Å². The number of rotatable bonds is 3. The van der Waals surface area contributed by atoms with E-state index in [2.05, 4.69) is 10.6 Å². The van der Waals surface area contributed by atoms with Crippen LogP contribution in [0.3, 0.4) is 0 Å². The van der Waals surface area contributed by atoms with Gasteiger partial charge >= 0.3 is 0 Å². The molecule has 2 amide bonds. The first-order valence-corrected chi connectivity index (χ1v) is 5.99. The molecule has 96 valence electrons. The second-order valence-electron chi connectivity index (χ2n) is 4.57. The van der Waals surface area contributed by atoms with Crippen LogP contribution in [0.1, 0.15) is 12.5 Å². The molecule has 0 aromatic heterocycles. The van der Waals surface area contributed by atoms with Crippen LogP contribution >= 0.6 is 0 Å². The highest BCUT2D eigenvalue weighted by atomic mass is 16.2. The molecule has 18 heavy (non-hydrogen) atoms. The van der Waals surface area contributed by atoms with Crippen LogP contribution in [0.15, 0.2) is 24.3 Å². The van der Waals surface area contributed by atoms with Crippen LogP contribution in [0, 0.1) is 5.92 Å². The van der Waals surface area contributed by atoms with Crippen molar-refractivity contribution >= 4 is 17.5 Å². The van der Waals surface area contributed by atoms with Gasteiger partial charge in [0.1, 0.15) is 6.04 Å². The molecule has 1 aliphatic heterocycles. The van der Waals surface area contributed by atoms with Crippen molar-refractivity contribution in [3.63, 3.8) is 0 Å². The molecule has 1 heterocycles. The van der Waals surface area contributed by atoms with Crippen molar-refractivity contribution in [3.05, 3.63) is 29.8 Å². The highest BCUT2D eigenvalue weighted by Crippen LogP contribution is 2.24. The Balaban J connectivity index is 2.00. The maximum Gasteiger partial charge on any atom is 0.239 e. The lowest BCUT2D eigenvalue weighted by Crippen LogP contribution is -2.47. The smallest absolute Gasteiger partial charge is 0.239 e. The highest BCUT2D eigenvalue weighted by molar-refractivity contribution is 5.88. The van der Waals surface area contributed by atoms with Gasteiger partial charge in [-0.3, -0.25) is 9.59 Å². The third-order valence-electron chi connectivity index (χ3n) is 3.18. The molecular formula is C13H17N3O2. The van der Waals surface area contributed by atoms with Crippen LogP contribution in [-0.2, 0) is 16.0 Å². The minimum Gasteiger partial charge on any atom is -0.384 e. The molecule has 2 rings (SSSR count). The molecule has 0 saturated heterocycles. The summed E-state index contributed by atoms with van der Waals surface area (Å²) in [5, 5.41) is 5.85. The monoisotopic (exact) mass is 247 g/mol. The molecule has 1 aliphatic rings. The number of para-hydroxylation sites is 1. The quantitative estimate of drug-likeness (QED) is 0.716. The van der Waals surface area contributed by atoms with E-state index in [4.69, 9.17) is 5.73 Å². The van der Waals surface area contributed by atoms with E-state index in [9.17, 15) is 9.59 Å². The SMILES string of the molecule is CC(NC(=O)C1CNc2ccccc2C1)C(N)=O. The fourth-order valence-corrected chi connectivity index (χ4v) is 2.03. The van der Waals surface area contributed by atoms with Gasteiger partial charge < -0.3 is 16.4 Å². The van der Waals surface area contributed by atoms with Gasteiger partial charge in [0.25, 0.3) is 0 Å². The average Bonchev–Trinajstić information content (AvgIpc) is 2.37. The predicted molar refractivity (Wildman–Crippen MR) is 68.9 cm³/mol. The summed E-state index contributed by atoms with van der Waals surface area (Å²) in [7, 11) is 0. The molecule has 0 saturated carbocycles. The lowest BCUT2D eigenvalue weighted by molar-refractivity contribution is -0.129. The molecule has 0 bridgehead atoms. The second kappa shape index (κ2) is 5.08. The van der Waals surface area contributed by atoms with Gasteiger partial charge in [-0.2, -0.15) is 0 Å². The summed E-state index contributed by atoms with van der Waals surface area (Å²) in [5.41, 5.74) is 7.32. The number of nitrogens with two attached hydrogens (primary N) is 1. The van der Waals surface area contributed by atoms with Gasteiger partial charge in [0, 0.05) is 12.2 Å². The first-order chi connectivity index (χ1) is 8.58. The molecule has 5 heteroatoms. The van der Waals surface area contributed by atoms with E-state index in [1.165, 1.54) is 0 Å². The minimum atomic E-state index is -0.630. The van der Waals surface area contributed by atoms with Crippen LogP contribution in [0.2, 0.25) is 0 Å². The fourth-order valence-electron chi connectivity index (χ4n) is 2.03. The van der Waals surface area contributed by atoms with E-state index in [-0.39, 0.29) is 11.8 Å². The Bertz CT molecular complexity index is 473. The molecule has 0 aliphatic carbocycles. The minimum absolute atomic E-state index is 0.136. The van der Waals surface area contributed by atoms with Gasteiger partial charge in [0.15, 0.2) is 0 Å². The molecule has 2 unspecified atom stereocenters. The van der Waals surface area contributed by atoms with Gasteiger partial charge in [0.05, 0.1) is 5.92 Å². The fraction of sp³-hybridized carbons (Fsp3) is 0.385. The Morgan fingerprint density at radius 2 is 2.17 bits per heavy atom. The lowest BCUT2D eigenvalue weighted by atomic mass is 9.93. The molecule has 2 atom stereocenters. The van der Waals surface area contributed by atoms with Crippen LogP contribution in [0.4, 0.5) is 5.69 Å². The number of fused-ring (bicyclic) bond motifs is 1. The number of anilines is 1. The molecule has 4 N–H and O–H groups in total. The highest BCUT2D eigenvalue weighted by Gasteiger charge is 2.25. The maximum atomic E-state index is 12.0. The number of carbonyl (C=O) groups excluding carboxylic acids is 2.